The average molecular weight is 271 g/mol. The highest BCUT2D eigenvalue weighted by atomic mass is 35.5. The molecule has 1 aromatic carbocycles. The van der Waals surface area contributed by atoms with Crippen LogP contribution in [-0.2, 0) is 6.54 Å². The van der Waals surface area contributed by atoms with Gasteiger partial charge in [-0.3, -0.25) is 15.0 Å². The first-order chi connectivity index (χ1) is 8.61. The van der Waals surface area contributed by atoms with Crippen LogP contribution in [-0.4, -0.2) is 34.1 Å². The number of halogens is 1. The highest BCUT2D eigenvalue weighted by molar-refractivity contribution is 6.30. The zero-order valence-corrected chi connectivity index (χ0v) is 10.6. The van der Waals surface area contributed by atoms with E-state index in [1.165, 1.54) is 6.07 Å². The molecule has 1 heterocycles. The molecule has 0 aromatic heterocycles. The zero-order chi connectivity index (χ0) is 13.1. The first-order valence-electron chi connectivity index (χ1n) is 5.89. The van der Waals surface area contributed by atoms with Crippen LogP contribution in [0.2, 0.25) is 5.02 Å². The van der Waals surface area contributed by atoms with E-state index >= 15 is 0 Å². The molecule has 1 unspecified atom stereocenters. The van der Waals surface area contributed by atoms with Crippen molar-refractivity contribution in [2.24, 2.45) is 0 Å². The van der Waals surface area contributed by atoms with Crippen molar-refractivity contribution >= 4 is 17.3 Å². The highest BCUT2D eigenvalue weighted by Crippen LogP contribution is 2.27. The molecule has 1 aliphatic heterocycles. The Bertz CT molecular complexity index is 453. The second-order valence-corrected chi connectivity index (χ2v) is 4.92. The van der Waals surface area contributed by atoms with Crippen molar-refractivity contribution < 1.29 is 10.0 Å². The third kappa shape index (κ3) is 2.80. The number of rotatable bonds is 4. The SMILES string of the molecule is O=[N+]([O-])c1cc(Cl)ccc1CN1CCCC1CO. The maximum Gasteiger partial charge on any atom is 0.275 e. The van der Waals surface area contributed by atoms with Crippen LogP contribution in [0.5, 0.6) is 0 Å². The minimum Gasteiger partial charge on any atom is -0.395 e. The third-order valence-electron chi connectivity index (χ3n) is 3.33. The van der Waals surface area contributed by atoms with Crippen LogP contribution in [0.15, 0.2) is 18.2 Å². The standard InChI is InChI=1S/C12H15ClN2O3/c13-10-4-3-9(12(6-10)15(17)18)7-14-5-1-2-11(14)8-16/h3-4,6,11,16H,1-2,5,7-8H2. The molecule has 18 heavy (non-hydrogen) atoms. The summed E-state index contributed by atoms with van der Waals surface area (Å²) in [4.78, 5) is 12.6. The van der Waals surface area contributed by atoms with Crippen LogP contribution in [0, 0.1) is 10.1 Å². The molecule has 0 amide bonds. The van der Waals surface area contributed by atoms with E-state index in [1.54, 1.807) is 12.1 Å². The highest BCUT2D eigenvalue weighted by Gasteiger charge is 2.26. The van der Waals surface area contributed by atoms with E-state index in [-0.39, 0.29) is 18.3 Å². The molecule has 0 saturated carbocycles. The molecule has 1 N–H and O–H groups in total. The van der Waals surface area contributed by atoms with Crippen molar-refractivity contribution in [2.45, 2.75) is 25.4 Å². The van der Waals surface area contributed by atoms with Gasteiger partial charge in [-0.15, -0.1) is 0 Å². The predicted octanol–water partition coefficient (Wildman–Crippen LogP) is 2.20. The van der Waals surface area contributed by atoms with Crippen molar-refractivity contribution in [3.05, 3.63) is 38.9 Å². The summed E-state index contributed by atoms with van der Waals surface area (Å²) in [5.41, 5.74) is 0.691. The molecule has 0 radical (unpaired) electrons. The van der Waals surface area contributed by atoms with E-state index in [0.717, 1.165) is 19.4 Å². The van der Waals surface area contributed by atoms with E-state index in [4.69, 9.17) is 11.6 Å². The van der Waals surface area contributed by atoms with Gasteiger partial charge in [0.25, 0.3) is 5.69 Å². The largest absolute Gasteiger partial charge is 0.395 e. The van der Waals surface area contributed by atoms with Crippen LogP contribution >= 0.6 is 11.6 Å². The van der Waals surface area contributed by atoms with Crippen molar-refractivity contribution in [3.63, 3.8) is 0 Å². The number of likely N-dealkylation sites (tertiary alicyclic amines) is 1. The second kappa shape index (κ2) is 5.65. The molecular formula is C12H15ClN2O3. The number of hydrogen-bond donors (Lipinski definition) is 1. The molecule has 1 fully saturated rings. The quantitative estimate of drug-likeness (QED) is 0.673. The minimum atomic E-state index is -0.411. The predicted molar refractivity (Wildman–Crippen MR) is 68.6 cm³/mol. The molecule has 98 valence electrons. The van der Waals surface area contributed by atoms with Crippen LogP contribution in [0.3, 0.4) is 0 Å². The molecule has 2 rings (SSSR count). The number of aliphatic hydroxyl groups excluding tert-OH is 1. The summed E-state index contributed by atoms with van der Waals surface area (Å²) >= 11 is 5.78. The van der Waals surface area contributed by atoms with Crippen molar-refractivity contribution in [3.8, 4) is 0 Å². The van der Waals surface area contributed by atoms with E-state index in [2.05, 4.69) is 4.90 Å². The van der Waals surface area contributed by atoms with E-state index in [9.17, 15) is 15.2 Å². The fourth-order valence-corrected chi connectivity index (χ4v) is 2.54. The van der Waals surface area contributed by atoms with Gasteiger partial charge in [-0.2, -0.15) is 0 Å². The van der Waals surface area contributed by atoms with E-state index in [1.807, 2.05) is 0 Å². The van der Waals surface area contributed by atoms with Crippen LogP contribution in [0.4, 0.5) is 5.69 Å². The van der Waals surface area contributed by atoms with Crippen LogP contribution in [0.1, 0.15) is 18.4 Å². The molecule has 5 nitrogen and oxygen atoms in total. The zero-order valence-electron chi connectivity index (χ0n) is 9.88. The Morgan fingerprint density at radius 3 is 3.00 bits per heavy atom. The van der Waals surface area contributed by atoms with Gasteiger partial charge in [-0.25, -0.2) is 0 Å². The first kappa shape index (κ1) is 13.3. The lowest BCUT2D eigenvalue weighted by atomic mass is 10.1. The van der Waals surface area contributed by atoms with Gasteiger partial charge < -0.3 is 5.11 Å². The number of nitro benzene ring substituents is 1. The molecule has 0 aliphatic carbocycles. The Labute approximate surface area is 110 Å². The summed E-state index contributed by atoms with van der Waals surface area (Å²) in [5, 5.41) is 20.6. The Kier molecular flexibility index (Phi) is 4.16. The normalized spacial score (nSPS) is 20.2. The fraction of sp³-hybridized carbons (Fsp3) is 0.500. The summed E-state index contributed by atoms with van der Waals surface area (Å²) in [6, 6.07) is 4.84. The lowest BCUT2D eigenvalue weighted by Gasteiger charge is -2.22. The molecule has 1 aliphatic rings. The lowest BCUT2D eigenvalue weighted by molar-refractivity contribution is -0.385. The summed E-state index contributed by atoms with van der Waals surface area (Å²) in [6.07, 6.45) is 1.96. The van der Waals surface area contributed by atoms with Gasteiger partial charge >= 0.3 is 0 Å². The summed E-state index contributed by atoms with van der Waals surface area (Å²) < 4.78 is 0. The van der Waals surface area contributed by atoms with Gasteiger partial charge in [-0.05, 0) is 31.5 Å². The maximum absolute atomic E-state index is 11.0. The number of nitrogens with zero attached hydrogens (tertiary/aromatic N) is 2. The monoisotopic (exact) mass is 270 g/mol. The average Bonchev–Trinajstić information content (AvgIpc) is 2.78. The van der Waals surface area contributed by atoms with Gasteiger partial charge in [0, 0.05) is 29.2 Å². The van der Waals surface area contributed by atoms with Crippen molar-refractivity contribution in [1.29, 1.82) is 0 Å². The van der Waals surface area contributed by atoms with Crippen LogP contribution in [0.25, 0.3) is 0 Å². The number of nitro groups is 1. The van der Waals surface area contributed by atoms with Gasteiger partial charge in [0.2, 0.25) is 0 Å². The van der Waals surface area contributed by atoms with E-state index in [0.29, 0.717) is 17.1 Å². The van der Waals surface area contributed by atoms with Crippen molar-refractivity contribution in [1.82, 2.24) is 4.90 Å². The van der Waals surface area contributed by atoms with Crippen molar-refractivity contribution in [2.75, 3.05) is 13.2 Å². The van der Waals surface area contributed by atoms with Gasteiger partial charge in [-0.1, -0.05) is 11.6 Å². The molecule has 0 bridgehead atoms. The topological polar surface area (TPSA) is 66.6 Å². The second-order valence-electron chi connectivity index (χ2n) is 4.48. The number of benzene rings is 1. The molecule has 0 spiro atoms. The summed E-state index contributed by atoms with van der Waals surface area (Å²) in [5.74, 6) is 0. The number of aliphatic hydroxyl groups is 1. The Morgan fingerprint density at radius 1 is 1.56 bits per heavy atom. The fourth-order valence-electron chi connectivity index (χ4n) is 2.37. The molecular weight excluding hydrogens is 256 g/mol. The summed E-state index contributed by atoms with van der Waals surface area (Å²) in [6.45, 7) is 1.45. The lowest BCUT2D eigenvalue weighted by Crippen LogP contribution is -2.31. The Hall–Kier alpha value is -1.17. The molecule has 1 atom stereocenters. The maximum atomic E-state index is 11.0. The van der Waals surface area contributed by atoms with Gasteiger partial charge in [0.1, 0.15) is 0 Å². The summed E-state index contributed by atoms with van der Waals surface area (Å²) in [7, 11) is 0. The van der Waals surface area contributed by atoms with E-state index < -0.39 is 4.92 Å². The first-order valence-corrected chi connectivity index (χ1v) is 6.27. The molecule has 6 heteroatoms. The van der Waals surface area contributed by atoms with Gasteiger partial charge in [0.15, 0.2) is 0 Å². The Morgan fingerprint density at radius 2 is 2.33 bits per heavy atom. The number of hydrogen-bond acceptors (Lipinski definition) is 4. The van der Waals surface area contributed by atoms with Gasteiger partial charge in [0.05, 0.1) is 11.5 Å². The third-order valence-corrected chi connectivity index (χ3v) is 3.56. The van der Waals surface area contributed by atoms with Crippen LogP contribution < -0.4 is 0 Å². The Balaban J connectivity index is 2.20. The molecule has 1 saturated heterocycles. The minimum absolute atomic E-state index is 0.0473. The molecule has 1 aromatic rings. The smallest absolute Gasteiger partial charge is 0.275 e.